The maximum absolute atomic E-state index is 12.3. The molecule has 0 aromatic heterocycles. The van der Waals surface area contributed by atoms with E-state index in [2.05, 4.69) is 0 Å². The molecule has 21 heavy (non-hydrogen) atoms. The molecule has 0 heterocycles. The standard InChI is InChI=1S/C17H16O4/c1-12(18)21-16-9-8-14(11-17(16)20-2)15(19)10-13-6-4-3-5-7-13/h3-9,11H,10H2,1-2H3. The fourth-order valence-electron chi connectivity index (χ4n) is 1.96. The molecule has 0 radical (unpaired) electrons. The quantitative estimate of drug-likeness (QED) is 0.481. The van der Waals surface area contributed by atoms with E-state index >= 15 is 0 Å². The van der Waals surface area contributed by atoms with Gasteiger partial charge in [0.05, 0.1) is 7.11 Å². The predicted octanol–water partition coefficient (Wildman–Crippen LogP) is 3.05. The number of ketones is 1. The van der Waals surface area contributed by atoms with Crippen LogP contribution < -0.4 is 9.47 Å². The molecule has 108 valence electrons. The van der Waals surface area contributed by atoms with Crippen LogP contribution in [-0.4, -0.2) is 18.9 Å². The van der Waals surface area contributed by atoms with Crippen LogP contribution in [0.1, 0.15) is 22.8 Å². The van der Waals surface area contributed by atoms with Gasteiger partial charge in [-0.15, -0.1) is 0 Å². The van der Waals surface area contributed by atoms with E-state index in [1.807, 2.05) is 30.3 Å². The summed E-state index contributed by atoms with van der Waals surface area (Å²) in [4.78, 5) is 23.2. The van der Waals surface area contributed by atoms with Crippen molar-refractivity contribution < 1.29 is 19.1 Å². The first-order chi connectivity index (χ1) is 10.1. The average Bonchev–Trinajstić information content (AvgIpc) is 2.48. The summed E-state index contributed by atoms with van der Waals surface area (Å²) >= 11 is 0. The van der Waals surface area contributed by atoms with Gasteiger partial charge in [-0.1, -0.05) is 30.3 Å². The zero-order chi connectivity index (χ0) is 15.2. The molecule has 0 unspecified atom stereocenters. The smallest absolute Gasteiger partial charge is 0.308 e. The number of rotatable bonds is 5. The van der Waals surface area contributed by atoms with Gasteiger partial charge in [0.15, 0.2) is 17.3 Å². The highest BCUT2D eigenvalue weighted by atomic mass is 16.6. The van der Waals surface area contributed by atoms with Crippen molar-refractivity contribution in [1.82, 2.24) is 0 Å². The molecule has 2 rings (SSSR count). The van der Waals surface area contributed by atoms with Crippen molar-refractivity contribution in [2.45, 2.75) is 13.3 Å². The monoisotopic (exact) mass is 284 g/mol. The molecule has 0 aliphatic heterocycles. The number of Topliss-reactive ketones (excluding diaryl/α,β-unsaturated/α-hetero) is 1. The molecular formula is C17H16O4. The molecule has 4 nitrogen and oxygen atoms in total. The van der Waals surface area contributed by atoms with Crippen molar-refractivity contribution in [2.24, 2.45) is 0 Å². The summed E-state index contributed by atoms with van der Waals surface area (Å²) in [6.45, 7) is 1.31. The van der Waals surface area contributed by atoms with Crippen molar-refractivity contribution in [3.8, 4) is 11.5 Å². The Labute approximate surface area is 123 Å². The Bertz CT molecular complexity index is 647. The Morgan fingerprint density at radius 1 is 1.00 bits per heavy atom. The van der Waals surface area contributed by atoms with E-state index in [-0.39, 0.29) is 5.78 Å². The van der Waals surface area contributed by atoms with E-state index < -0.39 is 5.97 Å². The van der Waals surface area contributed by atoms with E-state index in [0.717, 1.165) is 5.56 Å². The van der Waals surface area contributed by atoms with Gasteiger partial charge in [0.2, 0.25) is 0 Å². The van der Waals surface area contributed by atoms with E-state index in [4.69, 9.17) is 9.47 Å². The summed E-state index contributed by atoms with van der Waals surface area (Å²) in [6.07, 6.45) is 0.316. The van der Waals surface area contributed by atoms with E-state index in [9.17, 15) is 9.59 Å². The highest BCUT2D eigenvalue weighted by molar-refractivity contribution is 5.98. The van der Waals surface area contributed by atoms with Crippen LogP contribution in [-0.2, 0) is 11.2 Å². The van der Waals surface area contributed by atoms with Crippen LogP contribution in [0.2, 0.25) is 0 Å². The largest absolute Gasteiger partial charge is 0.493 e. The number of esters is 1. The summed E-state index contributed by atoms with van der Waals surface area (Å²) in [5.74, 6) is 0.218. The fourth-order valence-corrected chi connectivity index (χ4v) is 1.96. The maximum atomic E-state index is 12.3. The second kappa shape index (κ2) is 6.70. The number of hydrogen-bond donors (Lipinski definition) is 0. The third-order valence-electron chi connectivity index (χ3n) is 2.95. The minimum Gasteiger partial charge on any atom is -0.493 e. The van der Waals surface area contributed by atoms with Crippen molar-refractivity contribution in [2.75, 3.05) is 7.11 Å². The van der Waals surface area contributed by atoms with Crippen LogP contribution in [0.3, 0.4) is 0 Å². The zero-order valence-electron chi connectivity index (χ0n) is 12.0. The third-order valence-corrected chi connectivity index (χ3v) is 2.95. The topological polar surface area (TPSA) is 52.6 Å². The lowest BCUT2D eigenvalue weighted by Crippen LogP contribution is -2.06. The van der Waals surface area contributed by atoms with Crippen molar-refractivity contribution in [3.63, 3.8) is 0 Å². The third kappa shape index (κ3) is 3.92. The van der Waals surface area contributed by atoms with Gasteiger partial charge < -0.3 is 9.47 Å². The average molecular weight is 284 g/mol. The Hall–Kier alpha value is -2.62. The molecule has 0 saturated heterocycles. The molecule has 0 fully saturated rings. The lowest BCUT2D eigenvalue weighted by molar-refractivity contribution is -0.132. The van der Waals surface area contributed by atoms with Crippen LogP contribution in [0, 0.1) is 0 Å². The van der Waals surface area contributed by atoms with Crippen LogP contribution in [0.15, 0.2) is 48.5 Å². The second-order valence-corrected chi connectivity index (χ2v) is 4.54. The summed E-state index contributed by atoms with van der Waals surface area (Å²) in [5, 5.41) is 0. The molecule has 4 heteroatoms. The first kappa shape index (κ1) is 14.8. The van der Waals surface area contributed by atoms with E-state index in [1.54, 1.807) is 18.2 Å². The molecule has 2 aromatic rings. The van der Waals surface area contributed by atoms with Gasteiger partial charge in [-0.25, -0.2) is 0 Å². The van der Waals surface area contributed by atoms with Gasteiger partial charge in [-0.2, -0.15) is 0 Å². The summed E-state index contributed by atoms with van der Waals surface area (Å²) in [5.41, 5.74) is 1.47. The van der Waals surface area contributed by atoms with E-state index in [0.29, 0.717) is 23.5 Å². The Morgan fingerprint density at radius 2 is 1.71 bits per heavy atom. The molecular weight excluding hydrogens is 268 g/mol. The number of carbonyl (C=O) groups excluding carboxylic acids is 2. The number of carbonyl (C=O) groups is 2. The molecule has 0 aliphatic rings. The lowest BCUT2D eigenvalue weighted by Gasteiger charge is -2.09. The maximum Gasteiger partial charge on any atom is 0.308 e. The van der Waals surface area contributed by atoms with Gasteiger partial charge in [0, 0.05) is 18.9 Å². The second-order valence-electron chi connectivity index (χ2n) is 4.54. The molecule has 0 spiro atoms. The number of benzene rings is 2. The minimum absolute atomic E-state index is 0.0196. The Morgan fingerprint density at radius 3 is 2.33 bits per heavy atom. The molecule has 0 amide bonds. The Kier molecular flexibility index (Phi) is 4.72. The number of methoxy groups -OCH3 is 1. The highest BCUT2D eigenvalue weighted by Gasteiger charge is 2.12. The van der Waals surface area contributed by atoms with Gasteiger partial charge in [0.25, 0.3) is 0 Å². The normalized spacial score (nSPS) is 10.0. The fraction of sp³-hybridized carbons (Fsp3) is 0.176. The minimum atomic E-state index is -0.434. The van der Waals surface area contributed by atoms with Gasteiger partial charge >= 0.3 is 5.97 Å². The Balaban J connectivity index is 2.20. The summed E-state index contributed by atoms with van der Waals surface area (Å²) in [7, 11) is 1.47. The van der Waals surface area contributed by atoms with Crippen molar-refractivity contribution >= 4 is 11.8 Å². The zero-order valence-corrected chi connectivity index (χ0v) is 12.0. The first-order valence-corrected chi connectivity index (χ1v) is 6.53. The highest BCUT2D eigenvalue weighted by Crippen LogP contribution is 2.28. The first-order valence-electron chi connectivity index (χ1n) is 6.53. The molecule has 0 bridgehead atoms. The van der Waals surface area contributed by atoms with Crippen LogP contribution in [0.5, 0.6) is 11.5 Å². The van der Waals surface area contributed by atoms with Crippen molar-refractivity contribution in [3.05, 3.63) is 59.7 Å². The van der Waals surface area contributed by atoms with Crippen LogP contribution in [0.25, 0.3) is 0 Å². The summed E-state index contributed by atoms with van der Waals surface area (Å²) in [6, 6.07) is 14.3. The van der Waals surface area contributed by atoms with Gasteiger partial charge in [-0.3, -0.25) is 9.59 Å². The molecule has 2 aromatic carbocycles. The lowest BCUT2D eigenvalue weighted by atomic mass is 10.0. The number of hydrogen-bond acceptors (Lipinski definition) is 4. The molecule has 0 saturated carbocycles. The van der Waals surface area contributed by atoms with Crippen molar-refractivity contribution in [1.29, 1.82) is 0 Å². The van der Waals surface area contributed by atoms with Crippen LogP contribution >= 0.6 is 0 Å². The van der Waals surface area contributed by atoms with Gasteiger partial charge in [0.1, 0.15) is 0 Å². The molecule has 0 atom stereocenters. The predicted molar refractivity (Wildman–Crippen MR) is 78.8 cm³/mol. The molecule has 0 aliphatic carbocycles. The SMILES string of the molecule is COc1cc(C(=O)Cc2ccccc2)ccc1OC(C)=O. The summed E-state index contributed by atoms with van der Waals surface area (Å²) < 4.78 is 10.2. The van der Waals surface area contributed by atoms with Crippen LogP contribution in [0.4, 0.5) is 0 Å². The number of ether oxygens (including phenoxy) is 2. The van der Waals surface area contributed by atoms with Gasteiger partial charge in [-0.05, 0) is 23.8 Å². The molecule has 0 N–H and O–H groups in total. The van der Waals surface area contributed by atoms with E-state index in [1.165, 1.54) is 14.0 Å².